The topological polar surface area (TPSA) is 188 Å². The lowest BCUT2D eigenvalue weighted by Crippen LogP contribution is -2.50. The van der Waals surface area contributed by atoms with Crippen molar-refractivity contribution in [3.63, 3.8) is 0 Å². The van der Waals surface area contributed by atoms with E-state index >= 15 is 17.6 Å². The summed E-state index contributed by atoms with van der Waals surface area (Å²) in [4.78, 5) is 24.7. The van der Waals surface area contributed by atoms with Crippen molar-refractivity contribution >= 4 is 35.0 Å². The molecule has 0 saturated heterocycles. The molecule has 2 fully saturated rings. The third-order valence-corrected chi connectivity index (χ3v) is 15.8. The Morgan fingerprint density at radius 1 is 0.588 bits per heavy atom. The summed E-state index contributed by atoms with van der Waals surface area (Å²) >= 11 is 12.9. The summed E-state index contributed by atoms with van der Waals surface area (Å²) < 4.78 is 138. The number of alkyl halides is 4. The van der Waals surface area contributed by atoms with Crippen molar-refractivity contribution in [3.05, 3.63) is 164 Å². The maximum atomic E-state index is 15.9. The molecule has 2 saturated carbocycles. The minimum absolute atomic E-state index is 0.0955. The number of aliphatic hydroxyl groups is 2. The van der Waals surface area contributed by atoms with Gasteiger partial charge in [-0.3, -0.25) is 9.59 Å². The second-order valence-corrected chi connectivity index (χ2v) is 20.8. The molecule has 0 radical (unpaired) electrons. The Bertz CT molecular complexity index is 3050. The van der Waals surface area contributed by atoms with Crippen molar-refractivity contribution in [1.82, 2.24) is 10.6 Å². The Morgan fingerprint density at radius 3 is 1.27 bits per heavy atom. The number of halogens is 10. The zero-order chi connectivity index (χ0) is 57.2. The summed E-state index contributed by atoms with van der Waals surface area (Å²) in [7, 11) is 0. The molecule has 2 amide bonds. The highest BCUT2D eigenvalue weighted by Crippen LogP contribution is 2.53. The van der Waals surface area contributed by atoms with Gasteiger partial charge < -0.3 is 51.3 Å². The quantitative estimate of drug-likeness (QED) is 0.0402. The molecule has 2 heterocycles. The molecule has 424 valence electrons. The molecule has 2 atom stereocenters. The largest absolute Gasteiger partial charge is 0.488 e. The van der Waals surface area contributed by atoms with Crippen LogP contribution in [0.25, 0.3) is 22.3 Å². The standard InChI is InChI=1S/2C29H27ClF4N2O4/c2*30-25-20(31)12-22-19(23(25)24-18(28(35)38)6-7-21(26(24)32)39-9-8-37)13-29(40-22,16-4-2-1-3-5-16)14-36-17-10-15(11-17)27(33)34/h2*1-7,12,15,17,27,36-37H,8-11,13-14H2,(H2,35,38)/t2*15?,17?,29-/m11/s1. The van der Waals surface area contributed by atoms with Gasteiger partial charge in [-0.25, -0.2) is 35.1 Å². The SMILES string of the molecule is NC(=O)c1ccc(OCCO)c(F)c1-c1c(Cl)c(F)cc2c1C[C@@](CNC1CC(C(F)F)C1)(c1ccccc1)O2.NC(=O)c1ccc(OCCO)c(F)c1-c1c(Cl)c(F)cc2c1C[C@@](CNC1CC(C(F)F)C1)(c1ccccc1)O2. The van der Waals surface area contributed by atoms with E-state index in [9.17, 15) is 27.2 Å². The van der Waals surface area contributed by atoms with Crippen LogP contribution in [0.15, 0.2) is 97.1 Å². The number of hydrogen-bond acceptors (Lipinski definition) is 10. The first kappa shape index (κ1) is 58.0. The molecule has 10 rings (SSSR count). The maximum Gasteiger partial charge on any atom is 0.249 e. The third-order valence-electron chi connectivity index (χ3n) is 15.1. The van der Waals surface area contributed by atoms with Crippen LogP contribution in [0.2, 0.25) is 10.0 Å². The average molecular weight is 1160 g/mol. The minimum Gasteiger partial charge on any atom is -0.488 e. The van der Waals surface area contributed by atoms with E-state index in [1.54, 1.807) is 24.3 Å². The maximum absolute atomic E-state index is 15.9. The van der Waals surface area contributed by atoms with Crippen LogP contribution in [-0.4, -0.2) is 86.5 Å². The average Bonchev–Trinajstić information content (AvgIpc) is 4.01. The number of rotatable bonds is 20. The second kappa shape index (κ2) is 24.2. The van der Waals surface area contributed by atoms with E-state index in [1.807, 2.05) is 36.4 Å². The molecule has 6 aromatic carbocycles. The predicted molar refractivity (Wildman–Crippen MR) is 282 cm³/mol. The first-order valence-corrected chi connectivity index (χ1v) is 26.3. The minimum atomic E-state index is -2.38. The van der Waals surface area contributed by atoms with Crippen LogP contribution < -0.4 is 41.0 Å². The van der Waals surface area contributed by atoms with Crippen LogP contribution in [0.3, 0.4) is 0 Å². The molecule has 80 heavy (non-hydrogen) atoms. The molecule has 0 unspecified atom stereocenters. The van der Waals surface area contributed by atoms with Crippen molar-refractivity contribution in [2.75, 3.05) is 39.5 Å². The van der Waals surface area contributed by atoms with Gasteiger partial charge in [0.2, 0.25) is 24.7 Å². The lowest BCUT2D eigenvalue weighted by Gasteiger charge is -2.38. The van der Waals surface area contributed by atoms with Crippen LogP contribution in [-0.2, 0) is 24.0 Å². The third kappa shape index (κ3) is 11.5. The fourth-order valence-electron chi connectivity index (χ4n) is 10.8. The van der Waals surface area contributed by atoms with Crippen molar-refractivity contribution in [2.45, 2.75) is 74.7 Å². The Balaban J connectivity index is 0.000000194. The summed E-state index contributed by atoms with van der Waals surface area (Å²) in [5.74, 6) is -7.43. The molecule has 0 bridgehead atoms. The fraction of sp³-hybridized carbons (Fsp3) is 0.345. The first-order chi connectivity index (χ1) is 38.3. The number of carbonyl (C=O) groups excluding carboxylic acids is 2. The summed E-state index contributed by atoms with van der Waals surface area (Å²) in [6.45, 7) is -0.836. The van der Waals surface area contributed by atoms with Crippen LogP contribution in [0, 0.1) is 35.1 Å². The molecule has 2 aliphatic carbocycles. The Hall–Kier alpha value is -6.68. The Kier molecular flexibility index (Phi) is 17.5. The van der Waals surface area contributed by atoms with Gasteiger partial charge in [-0.1, -0.05) is 83.9 Å². The number of fused-ring (bicyclic) bond motifs is 2. The van der Waals surface area contributed by atoms with E-state index in [0.717, 1.165) is 23.3 Å². The smallest absolute Gasteiger partial charge is 0.249 e. The van der Waals surface area contributed by atoms with Gasteiger partial charge in [0.05, 0.1) is 34.4 Å². The van der Waals surface area contributed by atoms with Gasteiger partial charge in [0.15, 0.2) is 34.3 Å². The normalized spacial score (nSPS) is 21.6. The van der Waals surface area contributed by atoms with Gasteiger partial charge in [0.1, 0.15) is 36.3 Å². The Labute approximate surface area is 464 Å². The lowest BCUT2D eigenvalue weighted by molar-refractivity contribution is 0.00771. The number of primary amides is 2. The van der Waals surface area contributed by atoms with E-state index in [4.69, 9.17) is 63.8 Å². The number of ether oxygens (including phenoxy) is 4. The number of nitrogens with two attached hydrogens (primary N) is 2. The summed E-state index contributed by atoms with van der Waals surface area (Å²) in [6, 6.07) is 25.0. The number of carbonyl (C=O) groups is 2. The van der Waals surface area contributed by atoms with Gasteiger partial charge >= 0.3 is 0 Å². The molecule has 2 aliphatic heterocycles. The van der Waals surface area contributed by atoms with Crippen molar-refractivity contribution in [3.8, 4) is 45.3 Å². The van der Waals surface area contributed by atoms with E-state index in [1.165, 1.54) is 24.3 Å². The highest BCUT2D eigenvalue weighted by molar-refractivity contribution is 6.34. The zero-order valence-corrected chi connectivity index (χ0v) is 44.0. The van der Waals surface area contributed by atoms with Gasteiger partial charge in [0, 0.05) is 95.4 Å². The van der Waals surface area contributed by atoms with Crippen molar-refractivity contribution in [1.29, 1.82) is 0 Å². The van der Waals surface area contributed by atoms with Crippen LogP contribution in [0.1, 0.15) is 68.7 Å². The van der Waals surface area contributed by atoms with Gasteiger partial charge in [0.25, 0.3) is 0 Å². The number of nitrogens with one attached hydrogen (secondary N) is 2. The van der Waals surface area contributed by atoms with Crippen LogP contribution in [0.4, 0.5) is 35.1 Å². The molecular formula is C58H54Cl2F8N4O8. The van der Waals surface area contributed by atoms with Crippen molar-refractivity contribution in [2.24, 2.45) is 23.3 Å². The van der Waals surface area contributed by atoms with Gasteiger partial charge in [-0.15, -0.1) is 0 Å². The molecule has 8 N–H and O–H groups in total. The monoisotopic (exact) mass is 1160 g/mol. The summed E-state index contributed by atoms with van der Waals surface area (Å²) in [5, 5.41) is 24.0. The Morgan fingerprint density at radius 2 is 0.950 bits per heavy atom. The fourth-order valence-corrected chi connectivity index (χ4v) is 11.4. The number of aliphatic hydroxyl groups excluding tert-OH is 2. The highest BCUT2D eigenvalue weighted by Gasteiger charge is 2.48. The number of hydrogen-bond donors (Lipinski definition) is 6. The van der Waals surface area contributed by atoms with E-state index < -0.39 is 81.0 Å². The van der Waals surface area contributed by atoms with Crippen LogP contribution >= 0.6 is 23.2 Å². The molecule has 4 aliphatic rings. The first-order valence-electron chi connectivity index (χ1n) is 25.6. The highest BCUT2D eigenvalue weighted by atomic mass is 35.5. The molecule has 12 nitrogen and oxygen atoms in total. The second-order valence-electron chi connectivity index (χ2n) is 20.1. The summed E-state index contributed by atoms with van der Waals surface area (Å²) in [5.41, 5.74) is 9.67. The number of amides is 2. The summed E-state index contributed by atoms with van der Waals surface area (Å²) in [6.07, 6.45) is -3.31. The molecule has 6 aromatic rings. The van der Waals surface area contributed by atoms with E-state index in [-0.39, 0.29) is 121 Å². The predicted octanol–water partition coefficient (Wildman–Crippen LogP) is 10.4. The number of benzene rings is 6. The molecular weight excluding hydrogens is 1100 g/mol. The zero-order valence-electron chi connectivity index (χ0n) is 42.5. The molecule has 0 spiro atoms. The van der Waals surface area contributed by atoms with Crippen molar-refractivity contribution < 1.29 is 73.9 Å². The molecule has 0 aromatic heterocycles. The van der Waals surface area contributed by atoms with E-state index in [0.29, 0.717) is 36.8 Å². The van der Waals surface area contributed by atoms with Gasteiger partial charge in [-0.2, -0.15) is 0 Å². The van der Waals surface area contributed by atoms with Gasteiger partial charge in [-0.05, 0) is 61.1 Å². The van der Waals surface area contributed by atoms with E-state index in [2.05, 4.69) is 10.6 Å². The van der Waals surface area contributed by atoms with Crippen LogP contribution in [0.5, 0.6) is 23.0 Å². The molecule has 22 heteroatoms. The lowest BCUT2D eigenvalue weighted by atomic mass is 9.79.